The Balaban J connectivity index is 2.22. The molecule has 4 rings (SSSR count). The Kier molecular flexibility index (Phi) is 2.17. The molecule has 0 bridgehead atoms. The molecule has 0 saturated heterocycles. The van der Waals surface area contributed by atoms with Crippen LogP contribution in [0.2, 0.25) is 5.28 Å². The van der Waals surface area contributed by atoms with Gasteiger partial charge in [0.15, 0.2) is 5.65 Å². The first kappa shape index (κ1) is 10.7. The molecule has 1 aliphatic rings. The zero-order valence-corrected chi connectivity index (χ0v) is 11.4. The molecule has 0 saturated carbocycles. The monoisotopic (exact) mass is 278 g/mol. The summed E-state index contributed by atoms with van der Waals surface area (Å²) in [6.45, 7) is 2.28. The summed E-state index contributed by atoms with van der Waals surface area (Å²) in [6.07, 6.45) is 5.19. The molecule has 3 aromatic rings. The minimum atomic E-state index is 0.390. The summed E-state index contributed by atoms with van der Waals surface area (Å²) in [5.74, 6) is 0.575. The van der Waals surface area contributed by atoms with Gasteiger partial charge in [-0.05, 0) is 42.3 Å². The number of fused-ring (bicyclic) bond motifs is 5. The second-order valence-electron chi connectivity index (χ2n) is 4.79. The quantitative estimate of drug-likeness (QED) is 0.592. The normalized spacial score (nSPS) is 19.6. The lowest BCUT2D eigenvalue weighted by Crippen LogP contribution is -2.04. The molecule has 0 N–H and O–H groups in total. The number of rotatable bonds is 0. The Morgan fingerprint density at radius 3 is 3.28 bits per heavy atom. The summed E-state index contributed by atoms with van der Waals surface area (Å²) >= 11 is 7.89. The van der Waals surface area contributed by atoms with Crippen LogP contribution in [0.25, 0.3) is 15.9 Å². The molecular formula is C12H11ClN4S. The van der Waals surface area contributed by atoms with E-state index in [4.69, 9.17) is 11.6 Å². The maximum atomic E-state index is 6.13. The van der Waals surface area contributed by atoms with Crippen LogP contribution in [0.15, 0.2) is 6.33 Å². The molecule has 0 spiro atoms. The van der Waals surface area contributed by atoms with E-state index in [0.717, 1.165) is 22.3 Å². The predicted octanol–water partition coefficient (Wildman–Crippen LogP) is 3.43. The van der Waals surface area contributed by atoms with Crippen LogP contribution >= 0.6 is 22.9 Å². The summed E-state index contributed by atoms with van der Waals surface area (Å²) in [6, 6.07) is 0. The van der Waals surface area contributed by atoms with Crippen molar-refractivity contribution >= 4 is 38.8 Å². The van der Waals surface area contributed by atoms with Crippen molar-refractivity contribution in [1.82, 2.24) is 19.6 Å². The summed E-state index contributed by atoms with van der Waals surface area (Å²) in [4.78, 5) is 11.3. The van der Waals surface area contributed by atoms with Gasteiger partial charge >= 0.3 is 0 Å². The van der Waals surface area contributed by atoms with Crippen molar-refractivity contribution in [2.24, 2.45) is 0 Å². The van der Waals surface area contributed by atoms with Gasteiger partial charge in [0.25, 0.3) is 0 Å². The van der Waals surface area contributed by atoms with Crippen LogP contribution in [-0.2, 0) is 6.42 Å². The van der Waals surface area contributed by atoms with Crippen LogP contribution in [-0.4, -0.2) is 19.6 Å². The van der Waals surface area contributed by atoms with Gasteiger partial charge < -0.3 is 0 Å². The van der Waals surface area contributed by atoms with Crippen LogP contribution in [0, 0.1) is 0 Å². The SMILES string of the molecule is CC1CCCc2sc3nc(Cl)n4ncnc4c3c21. The van der Waals surface area contributed by atoms with Crippen molar-refractivity contribution in [3.63, 3.8) is 0 Å². The summed E-state index contributed by atoms with van der Waals surface area (Å²) in [5, 5.41) is 5.68. The van der Waals surface area contributed by atoms with Gasteiger partial charge in [-0.3, -0.25) is 0 Å². The van der Waals surface area contributed by atoms with Crippen molar-refractivity contribution in [3.8, 4) is 0 Å². The van der Waals surface area contributed by atoms with Gasteiger partial charge in [-0.25, -0.2) is 9.97 Å². The van der Waals surface area contributed by atoms with E-state index in [2.05, 4.69) is 22.0 Å². The highest BCUT2D eigenvalue weighted by Gasteiger charge is 2.25. The van der Waals surface area contributed by atoms with Gasteiger partial charge in [0, 0.05) is 4.88 Å². The van der Waals surface area contributed by atoms with Crippen LogP contribution in [0.5, 0.6) is 0 Å². The third kappa shape index (κ3) is 1.29. The lowest BCUT2D eigenvalue weighted by Gasteiger charge is -2.18. The predicted molar refractivity (Wildman–Crippen MR) is 72.5 cm³/mol. The lowest BCUT2D eigenvalue weighted by atomic mass is 9.87. The van der Waals surface area contributed by atoms with Gasteiger partial charge in [0.05, 0.1) is 5.39 Å². The molecule has 0 amide bonds. The second kappa shape index (κ2) is 3.65. The molecule has 0 aromatic carbocycles. The average Bonchev–Trinajstić information content (AvgIpc) is 2.92. The van der Waals surface area contributed by atoms with Crippen LogP contribution < -0.4 is 0 Å². The molecule has 1 unspecified atom stereocenters. The van der Waals surface area contributed by atoms with E-state index in [-0.39, 0.29) is 0 Å². The van der Waals surface area contributed by atoms with Crippen molar-refractivity contribution in [3.05, 3.63) is 22.1 Å². The standard InChI is InChI=1S/C12H11ClN4S/c1-6-3-2-4-7-8(6)9-10-14-5-15-17(10)12(13)16-11(9)18-7/h5-6H,2-4H2,1H3. The molecule has 0 fully saturated rings. The number of thiophene rings is 1. The van der Waals surface area contributed by atoms with Gasteiger partial charge in [-0.2, -0.15) is 9.61 Å². The minimum Gasteiger partial charge on any atom is -0.214 e. The van der Waals surface area contributed by atoms with Crippen LogP contribution in [0.3, 0.4) is 0 Å². The molecule has 4 nitrogen and oxygen atoms in total. The third-order valence-corrected chi connectivity index (χ3v) is 5.08. The molecule has 0 aliphatic heterocycles. The summed E-state index contributed by atoms with van der Waals surface area (Å²) < 4.78 is 1.62. The Morgan fingerprint density at radius 1 is 1.50 bits per heavy atom. The molecule has 1 atom stereocenters. The molecular weight excluding hydrogens is 268 g/mol. The van der Waals surface area contributed by atoms with Crippen molar-refractivity contribution in [2.45, 2.75) is 32.1 Å². The Bertz CT molecular complexity index is 760. The van der Waals surface area contributed by atoms with E-state index in [1.165, 1.54) is 23.3 Å². The smallest absolute Gasteiger partial charge is 0.214 e. The van der Waals surface area contributed by atoms with E-state index in [1.54, 1.807) is 22.2 Å². The van der Waals surface area contributed by atoms with Gasteiger partial charge in [0.1, 0.15) is 11.2 Å². The lowest BCUT2D eigenvalue weighted by molar-refractivity contribution is 0.602. The first-order valence-corrected chi connectivity index (χ1v) is 7.25. The minimum absolute atomic E-state index is 0.390. The number of hydrogen-bond donors (Lipinski definition) is 0. The highest BCUT2D eigenvalue weighted by molar-refractivity contribution is 7.19. The Morgan fingerprint density at radius 2 is 2.39 bits per heavy atom. The first-order valence-electron chi connectivity index (χ1n) is 6.06. The zero-order chi connectivity index (χ0) is 12.3. The first-order chi connectivity index (χ1) is 8.75. The highest BCUT2D eigenvalue weighted by atomic mass is 35.5. The topological polar surface area (TPSA) is 43.1 Å². The molecule has 18 heavy (non-hydrogen) atoms. The van der Waals surface area contributed by atoms with Crippen molar-refractivity contribution < 1.29 is 0 Å². The molecule has 92 valence electrons. The van der Waals surface area contributed by atoms with Crippen LogP contribution in [0.1, 0.15) is 36.1 Å². The number of aryl methyl sites for hydroxylation is 1. The van der Waals surface area contributed by atoms with E-state index in [9.17, 15) is 0 Å². The van der Waals surface area contributed by atoms with Gasteiger partial charge in [-0.1, -0.05) is 6.92 Å². The maximum Gasteiger partial charge on any atom is 0.227 e. The number of aromatic nitrogens is 4. The van der Waals surface area contributed by atoms with E-state index < -0.39 is 0 Å². The summed E-state index contributed by atoms with van der Waals surface area (Å²) in [7, 11) is 0. The largest absolute Gasteiger partial charge is 0.227 e. The number of hydrogen-bond acceptors (Lipinski definition) is 4. The van der Waals surface area contributed by atoms with Gasteiger partial charge in [-0.15, -0.1) is 11.3 Å². The molecule has 3 aromatic heterocycles. The van der Waals surface area contributed by atoms with Gasteiger partial charge in [0.2, 0.25) is 5.28 Å². The fourth-order valence-corrected chi connectivity index (χ4v) is 4.46. The number of halogens is 1. The van der Waals surface area contributed by atoms with Crippen LogP contribution in [0.4, 0.5) is 0 Å². The van der Waals surface area contributed by atoms with Crippen molar-refractivity contribution in [1.29, 1.82) is 0 Å². The molecule has 1 aliphatic carbocycles. The molecule has 3 heterocycles. The fraction of sp³-hybridized carbons (Fsp3) is 0.417. The molecule has 6 heteroatoms. The maximum absolute atomic E-state index is 6.13. The average molecular weight is 279 g/mol. The zero-order valence-electron chi connectivity index (χ0n) is 9.85. The third-order valence-electron chi connectivity index (χ3n) is 3.68. The van der Waals surface area contributed by atoms with Crippen molar-refractivity contribution in [2.75, 3.05) is 0 Å². The van der Waals surface area contributed by atoms with E-state index in [0.29, 0.717) is 11.2 Å². The van der Waals surface area contributed by atoms with E-state index in [1.807, 2.05) is 0 Å². The summed E-state index contributed by atoms with van der Waals surface area (Å²) in [5.41, 5.74) is 2.26. The second-order valence-corrected chi connectivity index (χ2v) is 6.21. The Hall–Kier alpha value is -1.20. The number of nitrogens with zero attached hydrogens (tertiary/aromatic N) is 4. The molecule has 0 radical (unpaired) electrons. The Labute approximate surface area is 113 Å². The highest BCUT2D eigenvalue weighted by Crippen LogP contribution is 2.42. The fourth-order valence-electron chi connectivity index (χ4n) is 2.87. The van der Waals surface area contributed by atoms with E-state index >= 15 is 0 Å².